The summed E-state index contributed by atoms with van der Waals surface area (Å²) in [5.41, 5.74) is 6.19. The molecular formula is C33H32IrNO3-. The number of benzene rings is 3. The van der Waals surface area contributed by atoms with Crippen molar-refractivity contribution in [2.24, 2.45) is 11.8 Å². The first-order chi connectivity index (χ1) is 17.7. The Labute approximate surface area is 238 Å². The molecular weight excluding hydrogens is 651 g/mol. The molecule has 0 amide bonds. The van der Waals surface area contributed by atoms with Crippen LogP contribution in [0.1, 0.15) is 56.5 Å². The topological polar surface area (TPSA) is 67.3 Å². The molecule has 0 bridgehead atoms. The third kappa shape index (κ3) is 6.92. The molecule has 5 rings (SSSR count). The summed E-state index contributed by atoms with van der Waals surface area (Å²) in [6.07, 6.45) is 2.46. The van der Waals surface area contributed by atoms with Crippen LogP contribution in [0.5, 0.6) is 0 Å². The SMILES string of the molecule is CC(C)CC(=O)/C=C(\O)CC(C)C.O=C1c2ccccc2-c2cc3ccc(-c4[c-]cccc4)nc3cc21.[Ir]. The van der Waals surface area contributed by atoms with Gasteiger partial charge < -0.3 is 5.11 Å². The van der Waals surface area contributed by atoms with Crippen molar-refractivity contribution in [1.29, 1.82) is 0 Å². The Morgan fingerprint density at radius 1 is 0.868 bits per heavy atom. The van der Waals surface area contributed by atoms with E-state index in [-0.39, 0.29) is 37.4 Å². The number of hydrogen-bond donors (Lipinski definition) is 1. The number of aliphatic hydroxyl groups is 1. The molecule has 1 heterocycles. The number of hydrogen-bond acceptors (Lipinski definition) is 4. The van der Waals surface area contributed by atoms with Crippen molar-refractivity contribution in [3.63, 3.8) is 0 Å². The van der Waals surface area contributed by atoms with Gasteiger partial charge in [-0.3, -0.25) is 14.6 Å². The van der Waals surface area contributed by atoms with Crippen molar-refractivity contribution in [3.8, 4) is 22.4 Å². The molecule has 1 aromatic heterocycles. The molecule has 5 heteroatoms. The fraction of sp³-hybridized carbons (Fsp3) is 0.242. The zero-order chi connectivity index (χ0) is 26.5. The van der Waals surface area contributed by atoms with Gasteiger partial charge in [-0.2, -0.15) is 0 Å². The van der Waals surface area contributed by atoms with Gasteiger partial charge in [0, 0.05) is 50.1 Å². The summed E-state index contributed by atoms with van der Waals surface area (Å²) in [7, 11) is 0. The Morgan fingerprint density at radius 3 is 2.21 bits per heavy atom. The van der Waals surface area contributed by atoms with Gasteiger partial charge in [-0.05, 0) is 46.2 Å². The molecule has 0 saturated carbocycles. The third-order valence-corrected chi connectivity index (χ3v) is 6.07. The second kappa shape index (κ2) is 12.9. The third-order valence-electron chi connectivity index (χ3n) is 6.07. The normalized spacial score (nSPS) is 12.1. The summed E-state index contributed by atoms with van der Waals surface area (Å²) in [4.78, 5) is 28.6. The van der Waals surface area contributed by atoms with Gasteiger partial charge in [0.05, 0.1) is 11.3 Å². The van der Waals surface area contributed by atoms with E-state index in [0.29, 0.717) is 24.7 Å². The van der Waals surface area contributed by atoms with Crippen molar-refractivity contribution in [1.82, 2.24) is 4.98 Å². The number of fused-ring (bicyclic) bond motifs is 4. The van der Waals surface area contributed by atoms with E-state index in [1.165, 1.54) is 6.08 Å². The van der Waals surface area contributed by atoms with Crippen LogP contribution < -0.4 is 0 Å². The van der Waals surface area contributed by atoms with E-state index in [2.05, 4.69) is 18.2 Å². The Balaban J connectivity index is 0.000000248. The summed E-state index contributed by atoms with van der Waals surface area (Å²) in [5.74, 6) is 1.06. The minimum absolute atomic E-state index is 0. The molecule has 1 aliphatic rings. The molecule has 1 aliphatic carbocycles. The Bertz CT molecular complexity index is 1470. The number of aliphatic hydroxyl groups excluding tert-OH is 1. The van der Waals surface area contributed by atoms with Crippen molar-refractivity contribution in [3.05, 3.63) is 102 Å². The van der Waals surface area contributed by atoms with Gasteiger partial charge in [0.1, 0.15) is 0 Å². The van der Waals surface area contributed by atoms with E-state index in [4.69, 9.17) is 4.98 Å². The Hall–Kier alpha value is -3.40. The Morgan fingerprint density at radius 2 is 1.55 bits per heavy atom. The van der Waals surface area contributed by atoms with Crippen LogP contribution in [0.3, 0.4) is 0 Å². The Kier molecular flexibility index (Phi) is 9.90. The van der Waals surface area contributed by atoms with E-state index >= 15 is 0 Å². The second-order valence-corrected chi connectivity index (χ2v) is 10.2. The number of pyridine rings is 1. The fourth-order valence-corrected chi connectivity index (χ4v) is 4.47. The van der Waals surface area contributed by atoms with Gasteiger partial charge in [0.25, 0.3) is 0 Å². The largest absolute Gasteiger partial charge is 0.512 e. The summed E-state index contributed by atoms with van der Waals surface area (Å²) in [6, 6.07) is 26.8. The van der Waals surface area contributed by atoms with Crippen LogP contribution in [0.2, 0.25) is 0 Å². The first-order valence-corrected chi connectivity index (χ1v) is 12.7. The van der Waals surface area contributed by atoms with Gasteiger partial charge in [0.2, 0.25) is 0 Å². The van der Waals surface area contributed by atoms with E-state index in [1.807, 2.05) is 88.4 Å². The van der Waals surface area contributed by atoms with Crippen molar-refractivity contribution in [2.45, 2.75) is 40.5 Å². The first kappa shape index (κ1) is 29.2. The van der Waals surface area contributed by atoms with Gasteiger partial charge in [-0.1, -0.05) is 64.1 Å². The average Bonchev–Trinajstić information content (AvgIpc) is 3.13. The van der Waals surface area contributed by atoms with E-state index < -0.39 is 0 Å². The van der Waals surface area contributed by atoms with Crippen molar-refractivity contribution in [2.75, 3.05) is 0 Å². The maximum absolute atomic E-state index is 12.7. The summed E-state index contributed by atoms with van der Waals surface area (Å²) >= 11 is 0. The number of aromatic nitrogens is 1. The number of ketones is 2. The predicted octanol–water partition coefficient (Wildman–Crippen LogP) is 8.00. The quantitative estimate of drug-likeness (QED) is 0.112. The minimum Gasteiger partial charge on any atom is -0.512 e. The molecule has 1 N–H and O–H groups in total. The van der Waals surface area contributed by atoms with Gasteiger partial charge in [-0.25, -0.2) is 0 Å². The maximum atomic E-state index is 12.7. The van der Waals surface area contributed by atoms with Crippen LogP contribution in [0, 0.1) is 17.9 Å². The summed E-state index contributed by atoms with van der Waals surface area (Å²) in [6.45, 7) is 8.00. The number of nitrogens with zero attached hydrogens (tertiary/aromatic N) is 1. The average molecular weight is 683 g/mol. The van der Waals surface area contributed by atoms with Gasteiger partial charge in [-0.15, -0.1) is 35.9 Å². The molecule has 197 valence electrons. The summed E-state index contributed by atoms with van der Waals surface area (Å²) < 4.78 is 0. The summed E-state index contributed by atoms with van der Waals surface area (Å²) in [5, 5.41) is 10.4. The van der Waals surface area contributed by atoms with Crippen LogP contribution in [0.4, 0.5) is 0 Å². The number of carbonyl (C=O) groups excluding carboxylic acids is 2. The minimum atomic E-state index is 0. The van der Waals surface area contributed by atoms with Gasteiger partial charge in [0.15, 0.2) is 11.6 Å². The van der Waals surface area contributed by atoms with E-state index in [0.717, 1.165) is 44.4 Å². The van der Waals surface area contributed by atoms with E-state index in [1.54, 1.807) is 0 Å². The molecule has 0 spiro atoms. The maximum Gasteiger partial charge on any atom is 0.194 e. The number of rotatable bonds is 6. The fourth-order valence-electron chi connectivity index (χ4n) is 4.47. The molecule has 4 aromatic rings. The molecule has 0 saturated heterocycles. The predicted molar refractivity (Wildman–Crippen MR) is 150 cm³/mol. The molecule has 4 nitrogen and oxygen atoms in total. The van der Waals surface area contributed by atoms with Crippen molar-refractivity contribution < 1.29 is 34.8 Å². The molecule has 0 fully saturated rings. The van der Waals surface area contributed by atoms with Crippen LogP contribution >= 0.6 is 0 Å². The van der Waals surface area contributed by atoms with Crippen LogP contribution in [0.15, 0.2) is 84.6 Å². The number of carbonyl (C=O) groups is 2. The van der Waals surface area contributed by atoms with Crippen LogP contribution in [-0.4, -0.2) is 21.7 Å². The molecule has 1 radical (unpaired) electrons. The molecule has 0 unspecified atom stereocenters. The zero-order valence-corrected chi connectivity index (χ0v) is 24.5. The first-order valence-electron chi connectivity index (χ1n) is 12.7. The van der Waals surface area contributed by atoms with Crippen LogP contribution in [-0.2, 0) is 24.9 Å². The molecule has 0 atom stereocenters. The van der Waals surface area contributed by atoms with Crippen LogP contribution in [0.25, 0.3) is 33.3 Å². The molecule has 38 heavy (non-hydrogen) atoms. The monoisotopic (exact) mass is 683 g/mol. The zero-order valence-electron chi connectivity index (χ0n) is 22.1. The van der Waals surface area contributed by atoms with Gasteiger partial charge >= 0.3 is 0 Å². The standard InChI is InChI=1S/C22H12NO.C11H20O2.Ir/c24-22-17-9-5-4-8-16(17)18-12-15-10-11-20(14-6-2-1-3-7-14)23-21(15)13-19(18)22;1-8(2)5-10(12)7-11(13)6-9(3)4;/h1-6,8-13H;7-9,12H,5-6H2,1-4H3;/q-1;;/b;10-7-;. The van der Waals surface area contributed by atoms with Crippen molar-refractivity contribution >= 4 is 22.5 Å². The number of allylic oxidation sites excluding steroid dienone is 2. The second-order valence-electron chi connectivity index (χ2n) is 10.2. The smallest absolute Gasteiger partial charge is 0.194 e. The van der Waals surface area contributed by atoms with E-state index in [9.17, 15) is 14.7 Å². The molecule has 0 aliphatic heterocycles. The molecule has 3 aromatic carbocycles.